The maximum Gasteiger partial charge on any atom is 0.327 e. The highest BCUT2D eigenvalue weighted by molar-refractivity contribution is 5.87. The average Bonchev–Trinajstić information content (AvgIpc) is 2.44. The van der Waals surface area contributed by atoms with E-state index in [4.69, 9.17) is 28.0 Å². The molecule has 116 valence electrons. The number of hydrogen-bond acceptors (Lipinski definition) is 10. The summed E-state index contributed by atoms with van der Waals surface area (Å²) in [5.74, 6) is -3.40. The van der Waals surface area contributed by atoms with Crippen LogP contribution in [0.4, 0.5) is 0 Å². The molecule has 9 N–H and O–H groups in total. The smallest absolute Gasteiger partial charge is 0.327 e. The number of ether oxygens (including phenoxy) is 2. The van der Waals surface area contributed by atoms with E-state index in [1.165, 1.54) is 0 Å². The number of carboxylic acids is 1. The van der Waals surface area contributed by atoms with E-state index in [2.05, 4.69) is 9.47 Å². The zero-order valence-electron chi connectivity index (χ0n) is 10.6. The molecule has 0 radical (unpaired) electrons. The molecule has 0 amide bonds. The molecule has 0 aromatic carbocycles. The molecule has 0 saturated heterocycles. The van der Waals surface area contributed by atoms with Crippen molar-refractivity contribution in [3.8, 4) is 0 Å². The molecule has 1 atom stereocenters. The van der Waals surface area contributed by atoms with Crippen LogP contribution in [0.25, 0.3) is 0 Å². The Morgan fingerprint density at radius 1 is 0.900 bits per heavy atom. The molecular weight excluding hydrogens is 276 g/mol. The highest BCUT2D eigenvalue weighted by Gasteiger charge is 2.12. The summed E-state index contributed by atoms with van der Waals surface area (Å²) in [6.45, 7) is -1.21. The number of nitrogens with two attached hydrogens (primary N) is 4. The van der Waals surface area contributed by atoms with E-state index in [9.17, 15) is 19.2 Å². The molecule has 0 saturated carbocycles. The van der Waals surface area contributed by atoms with Crippen LogP contribution in [-0.4, -0.2) is 61.3 Å². The molecule has 0 bridgehead atoms. The lowest BCUT2D eigenvalue weighted by Crippen LogP contribution is -2.36. The van der Waals surface area contributed by atoms with Gasteiger partial charge in [-0.2, -0.15) is 0 Å². The summed E-state index contributed by atoms with van der Waals surface area (Å²) in [6, 6.07) is -1.18. The first-order valence-corrected chi connectivity index (χ1v) is 5.26. The lowest BCUT2D eigenvalue weighted by molar-refractivity contribution is -0.157. The highest BCUT2D eigenvalue weighted by atomic mass is 16.6. The van der Waals surface area contributed by atoms with Gasteiger partial charge < -0.3 is 37.5 Å². The Balaban J connectivity index is 0. The second kappa shape index (κ2) is 12.0. The van der Waals surface area contributed by atoms with E-state index in [1.54, 1.807) is 0 Å². The van der Waals surface area contributed by atoms with Crippen molar-refractivity contribution in [2.75, 3.05) is 26.2 Å². The van der Waals surface area contributed by atoms with Gasteiger partial charge in [-0.3, -0.25) is 19.2 Å². The predicted octanol–water partition coefficient (Wildman–Crippen LogP) is -4.13. The van der Waals surface area contributed by atoms with E-state index >= 15 is 0 Å². The molecule has 0 rings (SSSR count). The lowest BCUT2D eigenvalue weighted by Gasteiger charge is -2.05. The monoisotopic (exact) mass is 294 g/mol. The second-order valence-corrected chi connectivity index (χ2v) is 3.09. The third-order valence-corrected chi connectivity index (χ3v) is 1.47. The van der Waals surface area contributed by atoms with Crippen molar-refractivity contribution in [2.24, 2.45) is 22.9 Å². The van der Waals surface area contributed by atoms with Crippen LogP contribution >= 0.6 is 0 Å². The Bertz CT molecular complexity index is 333. The summed E-state index contributed by atoms with van der Waals surface area (Å²) in [7, 11) is 0. The molecule has 0 aromatic rings. The maximum atomic E-state index is 10.3. The standard InChI is InChI=1S/C5H10N2O4.C4H8N2O3/c6-1-4(8)11-2-3(7)5(9)10;5-1-3(7)9-4(8)2-6/h3H,1-2,6-7H2,(H,9,10);1-2,5-6H2/t3-;/m0./s1. The summed E-state index contributed by atoms with van der Waals surface area (Å²) < 4.78 is 8.37. The van der Waals surface area contributed by atoms with Crippen LogP contribution < -0.4 is 22.9 Å². The van der Waals surface area contributed by atoms with Crippen molar-refractivity contribution in [3.05, 3.63) is 0 Å². The molecule has 0 aliphatic carbocycles. The average molecular weight is 294 g/mol. The Labute approximate surface area is 114 Å². The molecule has 11 heteroatoms. The van der Waals surface area contributed by atoms with E-state index in [-0.39, 0.29) is 26.2 Å². The number of carbonyl (C=O) groups is 4. The zero-order valence-corrected chi connectivity index (χ0v) is 10.6. The number of hydrogen-bond donors (Lipinski definition) is 5. The molecule has 0 aromatic heterocycles. The van der Waals surface area contributed by atoms with Crippen molar-refractivity contribution < 1.29 is 33.8 Å². The van der Waals surface area contributed by atoms with Crippen molar-refractivity contribution in [1.82, 2.24) is 0 Å². The van der Waals surface area contributed by atoms with Gasteiger partial charge in [-0.25, -0.2) is 0 Å². The van der Waals surface area contributed by atoms with E-state index in [1.807, 2.05) is 0 Å². The Morgan fingerprint density at radius 2 is 1.30 bits per heavy atom. The minimum absolute atomic E-state index is 0.271. The predicted molar refractivity (Wildman–Crippen MR) is 64.8 cm³/mol. The minimum Gasteiger partial charge on any atom is -0.480 e. The van der Waals surface area contributed by atoms with Crippen LogP contribution in [0, 0.1) is 0 Å². The molecule has 11 nitrogen and oxygen atoms in total. The molecule has 20 heavy (non-hydrogen) atoms. The van der Waals surface area contributed by atoms with Gasteiger partial charge in [0.25, 0.3) is 0 Å². The van der Waals surface area contributed by atoms with Crippen LogP contribution in [0.5, 0.6) is 0 Å². The number of aliphatic carboxylic acids is 1. The van der Waals surface area contributed by atoms with Crippen LogP contribution in [-0.2, 0) is 28.7 Å². The van der Waals surface area contributed by atoms with Crippen LogP contribution in [0.1, 0.15) is 0 Å². The van der Waals surface area contributed by atoms with Crippen LogP contribution in [0.2, 0.25) is 0 Å². The third-order valence-electron chi connectivity index (χ3n) is 1.47. The normalized spacial score (nSPS) is 10.6. The Morgan fingerprint density at radius 3 is 1.60 bits per heavy atom. The fourth-order valence-electron chi connectivity index (χ4n) is 0.523. The molecule has 0 heterocycles. The molecule has 0 aliphatic heterocycles. The SMILES string of the molecule is NCC(=O)OC(=O)CN.NCC(=O)OC[C@H](N)C(=O)O. The Hall–Kier alpha value is -2.08. The van der Waals surface area contributed by atoms with Gasteiger partial charge in [0.1, 0.15) is 12.6 Å². The number of carboxylic acid groups (broad SMARTS) is 1. The van der Waals surface area contributed by atoms with Gasteiger partial charge in [0, 0.05) is 0 Å². The van der Waals surface area contributed by atoms with Gasteiger partial charge in [-0.1, -0.05) is 0 Å². The Kier molecular flexibility index (Phi) is 12.1. The topological polar surface area (TPSA) is 211 Å². The van der Waals surface area contributed by atoms with Crippen LogP contribution in [0.15, 0.2) is 0 Å². The molecule has 0 unspecified atom stereocenters. The van der Waals surface area contributed by atoms with Gasteiger partial charge in [-0.15, -0.1) is 0 Å². The van der Waals surface area contributed by atoms with Gasteiger partial charge in [0.2, 0.25) is 0 Å². The largest absolute Gasteiger partial charge is 0.480 e. The lowest BCUT2D eigenvalue weighted by atomic mass is 10.3. The van der Waals surface area contributed by atoms with Crippen molar-refractivity contribution in [1.29, 1.82) is 0 Å². The fraction of sp³-hybridized carbons (Fsp3) is 0.556. The summed E-state index contributed by atoms with van der Waals surface area (Å²) in [6.07, 6.45) is 0. The van der Waals surface area contributed by atoms with Gasteiger partial charge in [-0.05, 0) is 0 Å². The molecule has 0 aliphatic rings. The third kappa shape index (κ3) is 12.4. The number of esters is 3. The molecular formula is C9H18N4O7. The summed E-state index contributed by atoms with van der Waals surface area (Å²) in [5.41, 5.74) is 19.5. The first kappa shape index (κ1) is 20.2. The summed E-state index contributed by atoms with van der Waals surface area (Å²) in [4.78, 5) is 40.7. The van der Waals surface area contributed by atoms with Gasteiger partial charge in [0.05, 0.1) is 19.6 Å². The number of rotatable bonds is 6. The van der Waals surface area contributed by atoms with E-state index in [0.29, 0.717) is 0 Å². The second-order valence-electron chi connectivity index (χ2n) is 3.09. The number of carbonyl (C=O) groups excluding carboxylic acids is 3. The fourth-order valence-corrected chi connectivity index (χ4v) is 0.523. The van der Waals surface area contributed by atoms with Gasteiger partial charge >= 0.3 is 23.9 Å². The quantitative estimate of drug-likeness (QED) is 0.234. The zero-order chi connectivity index (χ0) is 16.1. The van der Waals surface area contributed by atoms with Crippen LogP contribution in [0.3, 0.4) is 0 Å². The van der Waals surface area contributed by atoms with E-state index in [0.717, 1.165) is 0 Å². The first-order chi connectivity index (χ1) is 9.28. The summed E-state index contributed by atoms with van der Waals surface area (Å²) >= 11 is 0. The van der Waals surface area contributed by atoms with Crippen molar-refractivity contribution >= 4 is 23.9 Å². The summed E-state index contributed by atoms with van der Waals surface area (Å²) in [5, 5.41) is 8.22. The highest BCUT2D eigenvalue weighted by Crippen LogP contribution is 1.82. The van der Waals surface area contributed by atoms with Crippen molar-refractivity contribution in [3.63, 3.8) is 0 Å². The molecule has 0 spiro atoms. The van der Waals surface area contributed by atoms with Crippen molar-refractivity contribution in [2.45, 2.75) is 6.04 Å². The first-order valence-electron chi connectivity index (χ1n) is 5.26. The molecule has 0 fully saturated rings. The maximum absolute atomic E-state index is 10.3. The van der Waals surface area contributed by atoms with Gasteiger partial charge in [0.15, 0.2) is 0 Å². The minimum atomic E-state index is -1.21. The van der Waals surface area contributed by atoms with E-state index < -0.39 is 29.9 Å².